The van der Waals surface area contributed by atoms with Crippen molar-refractivity contribution in [3.05, 3.63) is 0 Å². The summed E-state index contributed by atoms with van der Waals surface area (Å²) in [5.41, 5.74) is 3.85. The lowest BCUT2D eigenvalue weighted by Gasteiger charge is -2.64. The summed E-state index contributed by atoms with van der Waals surface area (Å²) in [6.45, 7) is 0. The predicted octanol–water partition coefficient (Wildman–Crippen LogP) is 0.273. The number of likely N-dealkylation sites (tertiary alicyclic amines) is 1. The van der Waals surface area contributed by atoms with Crippen LogP contribution in [0.5, 0.6) is 0 Å². The third-order valence-electron chi connectivity index (χ3n) is 7.15. The maximum Gasteiger partial charge on any atom is 0.241 e. The van der Waals surface area contributed by atoms with Crippen molar-refractivity contribution in [3.8, 4) is 6.07 Å². The molecule has 24 heavy (non-hydrogen) atoms. The van der Waals surface area contributed by atoms with Gasteiger partial charge in [-0.3, -0.25) is 4.79 Å². The highest BCUT2D eigenvalue weighted by molar-refractivity contribution is 5.84. The van der Waals surface area contributed by atoms with Crippen LogP contribution in [-0.4, -0.2) is 50.3 Å². The van der Waals surface area contributed by atoms with Crippen LogP contribution in [0.4, 0.5) is 0 Å². The predicted molar refractivity (Wildman–Crippen MR) is 84.3 cm³/mol. The summed E-state index contributed by atoms with van der Waals surface area (Å²) in [4.78, 5) is 14.7. The van der Waals surface area contributed by atoms with E-state index in [1.165, 1.54) is 4.90 Å². The first-order chi connectivity index (χ1) is 12.0. The molecule has 0 aromatic rings. The van der Waals surface area contributed by atoms with E-state index < -0.39 is 41.1 Å². The van der Waals surface area contributed by atoms with Crippen LogP contribution < -0.4 is 5.73 Å². The van der Waals surface area contributed by atoms with Crippen molar-refractivity contribution < 1.29 is 17.7 Å². The van der Waals surface area contributed by atoms with Crippen molar-refractivity contribution in [2.45, 2.75) is 80.6 Å². The number of fused-ring (bicyclic) bond motifs is 1. The highest BCUT2D eigenvalue weighted by atomic mass is 16.3. The lowest BCUT2D eigenvalue weighted by Crippen LogP contribution is -2.69. The number of nitrogens with zero attached hydrogens (tertiary/aromatic N) is 2. The Morgan fingerprint density at radius 2 is 1.96 bits per heavy atom. The molecule has 4 bridgehead atoms. The van der Waals surface area contributed by atoms with Gasteiger partial charge >= 0.3 is 0 Å². The van der Waals surface area contributed by atoms with E-state index in [1.807, 2.05) is 0 Å². The third-order valence-corrected chi connectivity index (χ3v) is 7.15. The third kappa shape index (κ3) is 1.89. The van der Waals surface area contributed by atoms with Gasteiger partial charge in [0, 0.05) is 20.6 Å². The van der Waals surface area contributed by atoms with Crippen molar-refractivity contribution in [1.29, 1.82) is 5.26 Å². The number of aliphatic hydroxyl groups is 2. The first-order valence-corrected chi connectivity index (χ1v) is 8.95. The highest BCUT2D eigenvalue weighted by Crippen LogP contribution is 2.64. The highest BCUT2D eigenvalue weighted by Gasteiger charge is 2.66. The molecular weight excluding hydrogens is 307 g/mol. The average molecular weight is 334 g/mol. The standard InChI is InChI=1S/C18H25N3O3/c19-6-12-1-11-2-13(11)21(12)15(22)14(20)16-3-10-4-17(23,7-16)9-18(24,5-10)8-16/h10-14,23-24H,1-5,7-9,20H2/t10?,11-,12+,13+,14?,16?,17?,18?/m1/s1/i2D2,19+1. The second-order valence-corrected chi connectivity index (χ2v) is 9.14. The topological polar surface area (TPSA) is 111 Å². The van der Waals surface area contributed by atoms with Crippen molar-refractivity contribution in [2.75, 3.05) is 0 Å². The van der Waals surface area contributed by atoms with E-state index in [1.54, 1.807) is 0 Å². The van der Waals surface area contributed by atoms with Gasteiger partial charge in [0.15, 0.2) is 0 Å². The molecule has 6 atom stereocenters. The summed E-state index contributed by atoms with van der Waals surface area (Å²) in [5.74, 6) is -0.516. The Bertz CT molecular complexity index is 720. The Hall–Kier alpha value is -1.16. The van der Waals surface area contributed by atoms with Crippen molar-refractivity contribution >= 4 is 5.91 Å². The summed E-state index contributed by atoms with van der Waals surface area (Å²) < 4.78 is 16.0. The maximum absolute atomic E-state index is 13.3. The number of hydrogen-bond acceptors (Lipinski definition) is 5. The Kier molecular flexibility index (Phi) is 2.36. The molecule has 130 valence electrons. The maximum atomic E-state index is 13.3. The van der Waals surface area contributed by atoms with E-state index in [0.29, 0.717) is 44.9 Å². The fourth-order valence-electron chi connectivity index (χ4n) is 6.77. The van der Waals surface area contributed by atoms with Crippen molar-refractivity contribution in [2.24, 2.45) is 23.0 Å². The molecule has 1 amide bonds. The molecule has 0 aromatic heterocycles. The van der Waals surface area contributed by atoms with Gasteiger partial charge in [0.2, 0.25) is 5.91 Å². The number of piperidine rings is 1. The summed E-state index contributed by atoms with van der Waals surface area (Å²) >= 11 is 0. The minimum atomic E-state index is -1.44. The zero-order valence-electron chi connectivity index (χ0n) is 15.6. The van der Waals surface area contributed by atoms with E-state index >= 15 is 0 Å². The average Bonchev–Trinajstić information content (AvgIpc) is 2.88. The fourth-order valence-corrected chi connectivity index (χ4v) is 6.77. The Labute approximate surface area is 144 Å². The zero-order valence-corrected chi connectivity index (χ0v) is 13.6. The number of amides is 1. The summed E-state index contributed by atoms with van der Waals surface area (Å²) in [5, 5.41) is 31.2. The SMILES string of the molecule is [2H]C1([2H])[C@H]2C[C@@H](C#[15N])N(C(=O)C(N)C34CC5CC(O)(CC(O)(C5)C3)C4)[C@H]21. The van der Waals surface area contributed by atoms with Crippen LogP contribution in [0.2, 0.25) is 0 Å². The molecule has 6 nitrogen and oxygen atoms in total. The monoisotopic (exact) mass is 334 g/mol. The minimum Gasteiger partial charge on any atom is -0.390 e. The Morgan fingerprint density at radius 1 is 1.29 bits per heavy atom. The number of carbonyl (C=O) groups excluding carboxylic acids is 1. The number of nitriles is 1. The van der Waals surface area contributed by atoms with Crippen molar-refractivity contribution in [3.63, 3.8) is 0 Å². The largest absolute Gasteiger partial charge is 0.390 e. The van der Waals surface area contributed by atoms with Gasteiger partial charge in [-0.15, -0.1) is 0 Å². The van der Waals surface area contributed by atoms with E-state index in [0.717, 1.165) is 0 Å². The van der Waals surface area contributed by atoms with Crippen LogP contribution in [0.3, 0.4) is 0 Å². The van der Waals surface area contributed by atoms with Gasteiger partial charge < -0.3 is 20.8 Å². The smallest absolute Gasteiger partial charge is 0.241 e. The molecule has 0 radical (unpaired) electrons. The molecule has 6 aliphatic rings. The van der Waals surface area contributed by atoms with E-state index in [-0.39, 0.29) is 17.7 Å². The lowest BCUT2D eigenvalue weighted by molar-refractivity contribution is -0.234. The van der Waals surface area contributed by atoms with Gasteiger partial charge in [-0.25, -0.2) is 0 Å². The van der Waals surface area contributed by atoms with Crippen LogP contribution in [0.1, 0.15) is 54.1 Å². The van der Waals surface area contributed by atoms with Gasteiger partial charge in [-0.2, -0.15) is 5.26 Å². The number of hydrogen-bond donors (Lipinski definition) is 3. The van der Waals surface area contributed by atoms with Crippen LogP contribution in [0, 0.1) is 28.6 Å². The molecule has 1 heterocycles. The van der Waals surface area contributed by atoms with Crippen LogP contribution >= 0.6 is 0 Å². The molecule has 6 fully saturated rings. The van der Waals surface area contributed by atoms with E-state index in [2.05, 4.69) is 6.07 Å². The molecule has 3 unspecified atom stereocenters. The normalized spacial score (nSPS) is 58.5. The molecule has 0 spiro atoms. The van der Waals surface area contributed by atoms with Crippen LogP contribution in [0.25, 0.3) is 0 Å². The minimum absolute atomic E-state index is 0.158. The lowest BCUT2D eigenvalue weighted by atomic mass is 9.44. The number of carbonyl (C=O) groups is 1. The first-order valence-electron chi connectivity index (χ1n) is 9.95. The second-order valence-electron chi connectivity index (χ2n) is 9.14. The summed E-state index contributed by atoms with van der Waals surface area (Å²) in [7, 11) is 0. The van der Waals surface area contributed by atoms with E-state index in [9.17, 15) is 20.3 Å². The van der Waals surface area contributed by atoms with Gasteiger partial charge in [0.1, 0.15) is 6.04 Å². The first kappa shape index (κ1) is 13.1. The molecule has 0 aromatic carbocycles. The molecule has 5 aliphatic carbocycles. The quantitative estimate of drug-likeness (QED) is 0.628. The van der Waals surface area contributed by atoms with Crippen molar-refractivity contribution in [1.82, 2.24) is 4.90 Å². The molecule has 1 saturated heterocycles. The molecule has 6 heteroatoms. The number of nitrogens with two attached hydrogens (primary N) is 1. The fraction of sp³-hybridized carbons (Fsp3) is 0.889. The summed E-state index contributed by atoms with van der Waals surface area (Å²) in [6, 6.07) is 0.00381. The molecule has 4 N–H and O–H groups in total. The van der Waals surface area contributed by atoms with Gasteiger partial charge in [0.25, 0.3) is 0 Å². The van der Waals surface area contributed by atoms with E-state index in [4.69, 9.17) is 8.48 Å². The van der Waals surface area contributed by atoms with Gasteiger partial charge in [-0.1, -0.05) is 0 Å². The second kappa shape index (κ2) is 4.32. The molecular formula is C18H25N3O3. The molecule has 5 saturated carbocycles. The summed E-state index contributed by atoms with van der Waals surface area (Å²) in [6.07, 6.45) is 2.06. The Morgan fingerprint density at radius 3 is 2.54 bits per heavy atom. The molecule has 1 aliphatic heterocycles. The van der Waals surface area contributed by atoms with Gasteiger partial charge in [-0.05, 0) is 56.7 Å². The van der Waals surface area contributed by atoms with Crippen LogP contribution in [0.15, 0.2) is 0 Å². The molecule has 6 rings (SSSR count). The van der Waals surface area contributed by atoms with Gasteiger partial charge in [0.05, 0.1) is 23.3 Å². The zero-order chi connectivity index (χ0) is 18.7. The Balaban J connectivity index is 1.46. The van der Waals surface area contributed by atoms with Crippen LogP contribution in [-0.2, 0) is 4.79 Å². The number of rotatable bonds is 2.